The van der Waals surface area contributed by atoms with Gasteiger partial charge in [-0.05, 0) is 95.2 Å². The van der Waals surface area contributed by atoms with Crippen molar-refractivity contribution in [2.45, 2.75) is 166 Å². The number of carboxylic acids is 2. The summed E-state index contributed by atoms with van der Waals surface area (Å²) in [6.45, 7) is 7.99. The van der Waals surface area contributed by atoms with Gasteiger partial charge in [0, 0.05) is 36.5 Å². The van der Waals surface area contributed by atoms with Crippen LogP contribution >= 0.6 is 0 Å². The van der Waals surface area contributed by atoms with Crippen molar-refractivity contribution in [3.8, 4) is 0 Å². The van der Waals surface area contributed by atoms with Crippen LogP contribution in [0, 0.1) is 11.8 Å². The first-order chi connectivity index (χ1) is 38.6. The largest absolute Gasteiger partial charge is 0.481 e. The van der Waals surface area contributed by atoms with E-state index in [9.17, 15) is 73.2 Å². The first-order valence-electron chi connectivity index (χ1n) is 27.1. The highest BCUT2D eigenvalue weighted by atomic mass is 16.4. The molecule has 458 valence electrons. The molecule has 0 aliphatic heterocycles. The number of aromatic amines is 1. The first kappa shape index (κ1) is 70.1. The zero-order valence-electron chi connectivity index (χ0n) is 47.3. The van der Waals surface area contributed by atoms with Crippen LogP contribution in [0.4, 0.5) is 0 Å². The number of aliphatic hydroxyl groups excluding tert-OH is 2. The van der Waals surface area contributed by atoms with E-state index in [-0.39, 0.29) is 69.4 Å². The number of H-pyrrole nitrogens is 1. The molecule has 30 nitrogen and oxygen atoms in total. The van der Waals surface area contributed by atoms with E-state index in [0.29, 0.717) is 29.3 Å². The van der Waals surface area contributed by atoms with Crippen molar-refractivity contribution in [2.75, 3.05) is 26.2 Å². The van der Waals surface area contributed by atoms with Crippen molar-refractivity contribution < 1.29 is 73.2 Å². The summed E-state index contributed by atoms with van der Waals surface area (Å²) in [6.07, 6.45) is -0.801. The van der Waals surface area contributed by atoms with Gasteiger partial charge in [0.2, 0.25) is 53.2 Å². The number of nitrogens with zero attached hydrogens (tertiary/aromatic N) is 1. The van der Waals surface area contributed by atoms with E-state index in [2.05, 4.69) is 57.8 Å². The zero-order valence-corrected chi connectivity index (χ0v) is 47.3. The number of rotatable bonds is 38. The molecule has 1 aromatic heterocycles. The van der Waals surface area contributed by atoms with Crippen LogP contribution in [0.15, 0.2) is 35.5 Å². The number of para-hydroxylation sites is 1. The smallest absolute Gasteiger partial charge is 0.322 e. The van der Waals surface area contributed by atoms with Crippen molar-refractivity contribution in [3.63, 3.8) is 0 Å². The molecule has 0 unspecified atom stereocenters. The van der Waals surface area contributed by atoms with E-state index in [1.165, 1.54) is 6.92 Å². The number of nitrogens with one attached hydrogen (secondary N) is 10. The molecule has 1 heterocycles. The maximum Gasteiger partial charge on any atom is 0.322 e. The number of hydrogen-bond donors (Lipinski definition) is 18. The van der Waals surface area contributed by atoms with Crippen LogP contribution in [0.1, 0.15) is 105 Å². The standard InChI is InChI=1S/C52H85N15O15/c1-26(2)20-32(54)44(75)60-28(5)43(74)67-42(29(6)69)51(82)63-36(16-17-40(70)71)48(79)61-34(14-9-10-18-53)47(78)66-39(25-68)50(81)62-35(15-11-19-57-52(55)56)46(77)65-38(22-30-23-58-33-13-8-7-12-31(30)33)49(80)64-37(21-27(3)4)45(76)59-24-41(72)73/h7-8,12-13,23,26-29,32,34-39,42,58,68-69H,9-11,14-22,24-25,53-54H2,1-6H3,(H,59,76)(H,60,75)(H,61,79)(H,62,81)(H,63,82)(H,64,80)(H,65,77)(H,66,78)(H,67,74)(H,70,71)(H,72,73)(H4,55,56,57)/t28-,29+,32-,34-,35-,36-,37-,38-,39-,42-/m0/s1. The monoisotopic (exact) mass is 1160 g/mol. The molecule has 0 radical (unpaired) electrons. The lowest BCUT2D eigenvalue weighted by Gasteiger charge is -2.28. The fourth-order valence-electron chi connectivity index (χ4n) is 8.29. The Morgan fingerprint density at radius 1 is 0.585 bits per heavy atom. The predicted octanol–water partition coefficient (Wildman–Crippen LogP) is -4.35. The van der Waals surface area contributed by atoms with Gasteiger partial charge in [0.25, 0.3) is 0 Å². The third-order valence-electron chi connectivity index (χ3n) is 12.6. The number of hydrogen-bond acceptors (Lipinski definition) is 16. The Morgan fingerprint density at radius 3 is 1.66 bits per heavy atom. The molecule has 0 spiro atoms. The Morgan fingerprint density at radius 2 is 1.11 bits per heavy atom. The Kier molecular flexibility index (Phi) is 30.5. The lowest BCUT2D eigenvalue weighted by Crippen LogP contribution is -2.62. The minimum atomic E-state index is -1.82. The summed E-state index contributed by atoms with van der Waals surface area (Å²) in [7, 11) is 0. The van der Waals surface area contributed by atoms with Crippen molar-refractivity contribution in [2.24, 2.45) is 39.8 Å². The topological polar surface area (TPSA) is 509 Å². The number of carboxylic acid groups (broad SMARTS) is 2. The number of aromatic nitrogens is 1. The molecular formula is C52H85N15O15. The lowest BCUT2D eigenvalue weighted by atomic mass is 10.00. The molecule has 0 aliphatic rings. The maximum absolute atomic E-state index is 14.4. The number of aliphatic carboxylic acids is 2. The van der Waals surface area contributed by atoms with Gasteiger partial charge in [-0.2, -0.15) is 0 Å². The summed E-state index contributed by atoms with van der Waals surface area (Å²) in [6, 6.07) is -6.16. The highest BCUT2D eigenvalue weighted by Gasteiger charge is 2.36. The van der Waals surface area contributed by atoms with E-state index in [0.717, 1.165) is 6.92 Å². The molecule has 82 heavy (non-hydrogen) atoms. The summed E-state index contributed by atoms with van der Waals surface area (Å²) in [5, 5.41) is 62.4. The van der Waals surface area contributed by atoms with Gasteiger partial charge in [0.05, 0.1) is 18.8 Å². The second-order valence-corrected chi connectivity index (χ2v) is 20.7. The quantitative estimate of drug-likeness (QED) is 0.0172. The number of carbonyl (C=O) groups is 11. The van der Waals surface area contributed by atoms with E-state index in [1.807, 2.05) is 13.8 Å². The van der Waals surface area contributed by atoms with Crippen molar-refractivity contribution in [1.29, 1.82) is 0 Å². The lowest BCUT2D eigenvalue weighted by molar-refractivity contribution is -0.139. The number of aliphatic hydroxyl groups is 2. The third kappa shape index (κ3) is 25.2. The normalized spacial score (nSPS) is 14.9. The molecular weight excluding hydrogens is 1070 g/mol. The Bertz CT molecular complexity index is 2520. The molecule has 0 saturated carbocycles. The minimum absolute atomic E-state index is 0.0384. The van der Waals surface area contributed by atoms with Crippen LogP contribution in [-0.2, 0) is 59.2 Å². The highest BCUT2D eigenvalue weighted by Crippen LogP contribution is 2.20. The molecule has 2 rings (SSSR count). The van der Waals surface area contributed by atoms with Crippen LogP contribution in [0.5, 0.6) is 0 Å². The molecule has 0 bridgehead atoms. The Balaban J connectivity index is 2.47. The number of nitrogens with two attached hydrogens (primary N) is 4. The van der Waals surface area contributed by atoms with Gasteiger partial charge in [-0.3, -0.25) is 57.7 Å². The van der Waals surface area contributed by atoms with Gasteiger partial charge in [-0.15, -0.1) is 0 Å². The Hall–Kier alpha value is -7.96. The van der Waals surface area contributed by atoms with Gasteiger partial charge in [0.15, 0.2) is 5.96 Å². The number of unbranched alkanes of at least 4 members (excludes halogenated alkanes) is 1. The average Bonchev–Trinajstić information content (AvgIpc) is 3.96. The summed E-state index contributed by atoms with van der Waals surface area (Å²) in [5.41, 5.74) is 23.9. The molecule has 9 amide bonds. The van der Waals surface area contributed by atoms with Crippen LogP contribution in [0.3, 0.4) is 0 Å². The fraction of sp³-hybridized carbons (Fsp3) is 0.615. The number of guanidine groups is 1. The number of amides is 9. The summed E-state index contributed by atoms with van der Waals surface area (Å²) in [4.78, 5) is 153. The number of aliphatic imine (C=N–C) groups is 1. The van der Waals surface area contributed by atoms with Crippen molar-refractivity contribution in [1.82, 2.24) is 52.8 Å². The number of fused-ring (bicyclic) bond motifs is 1. The highest BCUT2D eigenvalue weighted by molar-refractivity contribution is 5.99. The van der Waals surface area contributed by atoms with Gasteiger partial charge < -0.3 is 96.2 Å². The third-order valence-corrected chi connectivity index (χ3v) is 12.6. The Labute approximate surface area is 475 Å². The van der Waals surface area contributed by atoms with Crippen molar-refractivity contribution >= 4 is 82.0 Å². The number of benzene rings is 1. The zero-order chi connectivity index (χ0) is 61.8. The molecule has 2 aromatic rings. The average molecular weight is 1160 g/mol. The molecule has 1 aromatic carbocycles. The van der Waals surface area contributed by atoms with Gasteiger partial charge in [-0.25, -0.2) is 0 Å². The molecule has 30 heteroatoms. The van der Waals surface area contributed by atoms with E-state index < -0.39 is 152 Å². The molecule has 0 saturated heterocycles. The van der Waals surface area contributed by atoms with Gasteiger partial charge in [0.1, 0.15) is 54.9 Å². The SMILES string of the molecule is CC(C)C[C@H](NC(=O)[C@H](Cc1c[nH]c2ccccc12)NC(=O)[C@H](CCCN=C(N)N)NC(=O)[C@H](CO)NC(=O)[C@H](CCCCN)NC(=O)[C@H](CCC(=O)O)NC(=O)[C@@H](NC(=O)[C@H](C)NC(=O)[C@@H](N)CC(C)C)[C@@H](C)O)C(=O)NCC(=O)O. The van der Waals surface area contributed by atoms with Crippen molar-refractivity contribution in [3.05, 3.63) is 36.0 Å². The molecule has 0 fully saturated rings. The fourth-order valence-corrected chi connectivity index (χ4v) is 8.29. The number of carbonyl (C=O) groups excluding carboxylic acids is 9. The van der Waals surface area contributed by atoms with Gasteiger partial charge in [-0.1, -0.05) is 45.9 Å². The summed E-state index contributed by atoms with van der Waals surface area (Å²) < 4.78 is 0. The summed E-state index contributed by atoms with van der Waals surface area (Å²) in [5.74, 6) is -11.7. The van der Waals surface area contributed by atoms with Crippen LogP contribution in [0.25, 0.3) is 10.9 Å². The van der Waals surface area contributed by atoms with Crippen LogP contribution in [-0.4, -0.2) is 183 Å². The molecule has 22 N–H and O–H groups in total. The first-order valence-corrected chi connectivity index (χ1v) is 27.1. The van der Waals surface area contributed by atoms with Crippen LogP contribution < -0.4 is 70.8 Å². The predicted molar refractivity (Wildman–Crippen MR) is 299 cm³/mol. The molecule has 10 atom stereocenters. The van der Waals surface area contributed by atoms with Crippen LogP contribution in [0.2, 0.25) is 0 Å². The second-order valence-electron chi connectivity index (χ2n) is 20.7. The maximum atomic E-state index is 14.4. The van der Waals surface area contributed by atoms with E-state index >= 15 is 0 Å². The van der Waals surface area contributed by atoms with Gasteiger partial charge >= 0.3 is 11.9 Å². The summed E-state index contributed by atoms with van der Waals surface area (Å²) >= 11 is 0. The van der Waals surface area contributed by atoms with E-state index in [1.54, 1.807) is 44.3 Å². The van der Waals surface area contributed by atoms with E-state index in [4.69, 9.17) is 22.9 Å². The minimum Gasteiger partial charge on any atom is -0.481 e. The second kappa shape index (κ2) is 35.7. The molecule has 0 aliphatic carbocycles.